The van der Waals surface area contributed by atoms with E-state index in [2.05, 4.69) is 9.36 Å². The number of aryl methyl sites for hydroxylation is 1. The zero-order valence-electron chi connectivity index (χ0n) is 10.8. The molecular formula is C13H15N3O2S. The van der Waals surface area contributed by atoms with Crippen molar-refractivity contribution in [1.29, 1.82) is 0 Å². The second-order valence-electron chi connectivity index (χ2n) is 4.26. The number of benzene rings is 1. The molecule has 0 aliphatic heterocycles. The number of anilines is 1. The van der Waals surface area contributed by atoms with Gasteiger partial charge in [0.05, 0.1) is 5.56 Å². The van der Waals surface area contributed by atoms with Gasteiger partial charge in [-0.15, -0.1) is 0 Å². The summed E-state index contributed by atoms with van der Waals surface area (Å²) in [6.07, 6.45) is 0.664. The molecule has 0 fully saturated rings. The Morgan fingerprint density at radius 1 is 1.42 bits per heavy atom. The maximum absolute atomic E-state index is 11.1. The molecular weight excluding hydrogens is 262 g/mol. The highest BCUT2D eigenvalue weighted by Gasteiger charge is 2.11. The van der Waals surface area contributed by atoms with Crippen molar-refractivity contribution in [1.82, 2.24) is 9.36 Å². The van der Waals surface area contributed by atoms with E-state index in [9.17, 15) is 4.79 Å². The number of carboxylic acids is 1. The molecule has 1 aromatic carbocycles. The molecule has 1 N–H and O–H groups in total. The van der Waals surface area contributed by atoms with Crippen molar-refractivity contribution >= 4 is 22.6 Å². The lowest BCUT2D eigenvalue weighted by molar-refractivity contribution is 0.0695. The summed E-state index contributed by atoms with van der Waals surface area (Å²) in [7, 11) is 1.93. The quantitative estimate of drug-likeness (QED) is 0.907. The van der Waals surface area contributed by atoms with Crippen LogP contribution < -0.4 is 4.90 Å². The number of likely N-dealkylation sites (N-methyl/N-ethyl adjacent to an activating group) is 1. The molecule has 0 unspecified atom stereocenters. The third-order valence-electron chi connectivity index (χ3n) is 2.81. The SMILES string of the molecule is Cc1nsc(N(C)CCc2ccccc2C(=O)O)n1. The monoisotopic (exact) mass is 277 g/mol. The van der Waals surface area contributed by atoms with Crippen LogP contribution in [0.15, 0.2) is 24.3 Å². The fourth-order valence-electron chi connectivity index (χ4n) is 1.77. The molecule has 5 nitrogen and oxygen atoms in total. The van der Waals surface area contributed by atoms with Crippen molar-refractivity contribution in [3.8, 4) is 0 Å². The fourth-order valence-corrected chi connectivity index (χ4v) is 2.43. The van der Waals surface area contributed by atoms with Crippen LogP contribution in [0.4, 0.5) is 5.13 Å². The highest BCUT2D eigenvalue weighted by molar-refractivity contribution is 7.09. The van der Waals surface area contributed by atoms with Crippen LogP contribution in [0.1, 0.15) is 21.7 Å². The van der Waals surface area contributed by atoms with E-state index < -0.39 is 5.97 Å². The Morgan fingerprint density at radius 2 is 2.16 bits per heavy atom. The molecule has 2 rings (SSSR count). The first-order chi connectivity index (χ1) is 9.08. The molecule has 6 heteroatoms. The number of carboxylic acid groups (broad SMARTS) is 1. The summed E-state index contributed by atoms with van der Waals surface area (Å²) in [5.41, 5.74) is 1.20. The summed E-state index contributed by atoms with van der Waals surface area (Å²) in [5.74, 6) is -0.122. The van der Waals surface area contributed by atoms with Crippen LogP contribution in [0.2, 0.25) is 0 Å². The lowest BCUT2D eigenvalue weighted by Gasteiger charge is -2.15. The van der Waals surface area contributed by atoms with Crippen molar-refractivity contribution in [3.05, 3.63) is 41.2 Å². The van der Waals surface area contributed by atoms with Gasteiger partial charge >= 0.3 is 5.97 Å². The van der Waals surface area contributed by atoms with E-state index in [4.69, 9.17) is 5.11 Å². The van der Waals surface area contributed by atoms with Crippen LogP contribution in [0.25, 0.3) is 0 Å². The molecule has 0 saturated heterocycles. The molecule has 0 radical (unpaired) electrons. The van der Waals surface area contributed by atoms with E-state index in [0.29, 0.717) is 18.5 Å². The average molecular weight is 277 g/mol. The Labute approximate surface area is 115 Å². The van der Waals surface area contributed by atoms with Crippen molar-refractivity contribution in [3.63, 3.8) is 0 Å². The van der Waals surface area contributed by atoms with Crippen LogP contribution in [0.5, 0.6) is 0 Å². The van der Waals surface area contributed by atoms with Crippen molar-refractivity contribution in [2.45, 2.75) is 13.3 Å². The minimum atomic E-state index is -0.884. The number of aromatic nitrogens is 2. The van der Waals surface area contributed by atoms with Gasteiger partial charge in [-0.05, 0) is 25.0 Å². The molecule has 0 aliphatic rings. The van der Waals surface area contributed by atoms with Crippen LogP contribution in [0, 0.1) is 6.92 Å². The van der Waals surface area contributed by atoms with Gasteiger partial charge in [0.25, 0.3) is 0 Å². The third-order valence-corrected chi connectivity index (χ3v) is 3.73. The van der Waals surface area contributed by atoms with Crippen LogP contribution in [-0.4, -0.2) is 34.0 Å². The summed E-state index contributed by atoms with van der Waals surface area (Å²) in [6.45, 7) is 2.56. The number of nitrogens with zero attached hydrogens (tertiary/aromatic N) is 3. The first-order valence-corrected chi connectivity index (χ1v) is 6.68. The van der Waals surface area contributed by atoms with Crippen molar-refractivity contribution in [2.24, 2.45) is 0 Å². The van der Waals surface area contributed by atoms with E-state index in [1.54, 1.807) is 12.1 Å². The Balaban J connectivity index is 2.05. The van der Waals surface area contributed by atoms with Crippen molar-refractivity contribution in [2.75, 3.05) is 18.5 Å². The first-order valence-electron chi connectivity index (χ1n) is 5.90. The van der Waals surface area contributed by atoms with E-state index in [0.717, 1.165) is 16.5 Å². The highest BCUT2D eigenvalue weighted by atomic mass is 32.1. The standard InChI is InChI=1S/C13H15N3O2S/c1-9-14-13(19-15-9)16(2)8-7-10-5-3-4-6-11(10)12(17)18/h3-6H,7-8H2,1-2H3,(H,17,18). The third kappa shape index (κ3) is 3.29. The Kier molecular flexibility index (Phi) is 4.11. The fraction of sp³-hybridized carbons (Fsp3) is 0.308. The molecule has 100 valence electrons. The van der Waals surface area contributed by atoms with Gasteiger partial charge in [-0.3, -0.25) is 0 Å². The van der Waals surface area contributed by atoms with Crippen LogP contribution in [-0.2, 0) is 6.42 Å². The molecule has 0 amide bonds. The lowest BCUT2D eigenvalue weighted by atomic mass is 10.0. The summed E-state index contributed by atoms with van der Waals surface area (Å²) in [5, 5.41) is 9.97. The van der Waals surface area contributed by atoms with Crippen LogP contribution >= 0.6 is 11.5 Å². The van der Waals surface area contributed by atoms with Crippen molar-refractivity contribution < 1.29 is 9.90 Å². The molecule has 2 aromatic rings. The van der Waals surface area contributed by atoms with Crippen LogP contribution in [0.3, 0.4) is 0 Å². The molecule has 0 aliphatic carbocycles. The predicted molar refractivity (Wildman–Crippen MR) is 75.0 cm³/mol. The maximum atomic E-state index is 11.1. The number of hydrogen-bond acceptors (Lipinski definition) is 5. The van der Waals surface area contributed by atoms with E-state index in [1.165, 1.54) is 11.5 Å². The van der Waals surface area contributed by atoms with E-state index in [-0.39, 0.29) is 0 Å². The average Bonchev–Trinajstić information content (AvgIpc) is 2.83. The predicted octanol–water partition coefficient (Wildman–Crippen LogP) is 2.22. The summed E-state index contributed by atoms with van der Waals surface area (Å²) < 4.78 is 4.13. The van der Waals surface area contributed by atoms with E-state index in [1.807, 2.05) is 31.0 Å². The molecule has 0 spiro atoms. The number of rotatable bonds is 5. The van der Waals surface area contributed by atoms with Gasteiger partial charge in [-0.2, -0.15) is 4.37 Å². The van der Waals surface area contributed by atoms with Gasteiger partial charge in [-0.1, -0.05) is 18.2 Å². The highest BCUT2D eigenvalue weighted by Crippen LogP contribution is 2.16. The summed E-state index contributed by atoms with van der Waals surface area (Å²) >= 11 is 1.35. The second-order valence-corrected chi connectivity index (χ2v) is 4.99. The number of hydrogen-bond donors (Lipinski definition) is 1. The molecule has 1 aromatic heterocycles. The minimum Gasteiger partial charge on any atom is -0.478 e. The van der Waals surface area contributed by atoms with Gasteiger partial charge in [0, 0.05) is 25.1 Å². The van der Waals surface area contributed by atoms with Gasteiger partial charge in [0.1, 0.15) is 5.82 Å². The molecule has 0 saturated carbocycles. The Hall–Kier alpha value is -1.95. The van der Waals surface area contributed by atoms with Gasteiger partial charge in [0.15, 0.2) is 0 Å². The molecule has 0 bridgehead atoms. The molecule has 19 heavy (non-hydrogen) atoms. The second kappa shape index (κ2) is 5.79. The Morgan fingerprint density at radius 3 is 2.79 bits per heavy atom. The zero-order chi connectivity index (χ0) is 13.8. The number of carbonyl (C=O) groups is 1. The zero-order valence-corrected chi connectivity index (χ0v) is 11.6. The lowest BCUT2D eigenvalue weighted by Crippen LogP contribution is -2.21. The Bertz CT molecular complexity index is 583. The normalized spacial score (nSPS) is 10.4. The number of aromatic carboxylic acids is 1. The smallest absolute Gasteiger partial charge is 0.335 e. The summed E-state index contributed by atoms with van der Waals surface area (Å²) in [6, 6.07) is 7.08. The minimum absolute atomic E-state index is 0.365. The van der Waals surface area contributed by atoms with Gasteiger partial charge in [-0.25, -0.2) is 9.78 Å². The molecule has 1 heterocycles. The summed E-state index contributed by atoms with van der Waals surface area (Å²) in [4.78, 5) is 17.4. The largest absolute Gasteiger partial charge is 0.478 e. The first kappa shape index (κ1) is 13.5. The maximum Gasteiger partial charge on any atom is 0.335 e. The van der Waals surface area contributed by atoms with E-state index >= 15 is 0 Å². The topological polar surface area (TPSA) is 66.3 Å². The van der Waals surface area contributed by atoms with Gasteiger partial charge in [0.2, 0.25) is 5.13 Å². The van der Waals surface area contributed by atoms with Gasteiger partial charge < -0.3 is 10.0 Å². The molecule has 0 atom stereocenters.